The van der Waals surface area contributed by atoms with Gasteiger partial charge >= 0.3 is 5.97 Å². The largest absolute Gasteiger partial charge is 0.477 e. The number of sulfonamides is 1. The van der Waals surface area contributed by atoms with Crippen LogP contribution in [0, 0.1) is 0 Å². The first-order chi connectivity index (χ1) is 14.8. The van der Waals surface area contributed by atoms with E-state index in [9.17, 15) is 18.3 Å². The maximum atomic E-state index is 13.1. The highest BCUT2D eigenvalue weighted by atomic mass is 32.2. The molecule has 1 aliphatic rings. The molecule has 1 saturated heterocycles. The molecule has 10 heteroatoms. The van der Waals surface area contributed by atoms with Crippen molar-refractivity contribution in [3.8, 4) is 0 Å². The maximum absolute atomic E-state index is 13.1. The Kier molecular flexibility index (Phi) is 5.50. The Morgan fingerprint density at radius 3 is 2.35 bits per heavy atom. The highest BCUT2D eigenvalue weighted by Crippen LogP contribution is 2.24. The molecule has 0 aliphatic carbocycles. The van der Waals surface area contributed by atoms with Crippen LogP contribution in [0.5, 0.6) is 0 Å². The zero-order valence-corrected chi connectivity index (χ0v) is 18.1. The van der Waals surface area contributed by atoms with Crippen LogP contribution in [0.1, 0.15) is 10.4 Å². The van der Waals surface area contributed by atoms with E-state index in [-0.39, 0.29) is 23.5 Å². The smallest absolute Gasteiger partial charge is 0.341 e. The molecular formula is C21H23N5O4S. The number of anilines is 2. The quantitative estimate of drug-likeness (QED) is 0.640. The Bertz CT molecular complexity index is 1240. The number of carboxylic acid groups (broad SMARTS) is 1. The topological polar surface area (TPSA) is 107 Å². The molecule has 1 aliphatic heterocycles. The van der Waals surface area contributed by atoms with Gasteiger partial charge in [-0.25, -0.2) is 18.2 Å². The molecule has 0 radical (unpaired) electrons. The van der Waals surface area contributed by atoms with Gasteiger partial charge < -0.3 is 14.9 Å². The number of hydrogen-bond donors (Lipinski definition) is 1. The van der Waals surface area contributed by atoms with Crippen LogP contribution >= 0.6 is 0 Å². The van der Waals surface area contributed by atoms with E-state index in [0.717, 1.165) is 10.8 Å². The van der Waals surface area contributed by atoms with E-state index in [4.69, 9.17) is 0 Å². The van der Waals surface area contributed by atoms with Gasteiger partial charge in [-0.2, -0.15) is 9.29 Å². The van der Waals surface area contributed by atoms with Gasteiger partial charge in [-0.05, 0) is 22.9 Å². The Morgan fingerprint density at radius 1 is 1.03 bits per heavy atom. The molecule has 4 rings (SSSR count). The van der Waals surface area contributed by atoms with Crippen molar-refractivity contribution >= 4 is 38.5 Å². The number of rotatable bonds is 5. The van der Waals surface area contributed by atoms with E-state index in [2.05, 4.69) is 9.97 Å². The van der Waals surface area contributed by atoms with Crippen molar-refractivity contribution in [1.29, 1.82) is 0 Å². The normalized spacial score (nSPS) is 15.2. The number of hydrogen-bond acceptors (Lipinski definition) is 7. The summed E-state index contributed by atoms with van der Waals surface area (Å²) in [6.07, 6.45) is 1.29. The summed E-state index contributed by atoms with van der Waals surface area (Å²) in [4.78, 5) is 23.7. The third-order valence-corrected chi connectivity index (χ3v) is 7.18. The second-order valence-electron chi connectivity index (χ2n) is 7.51. The van der Waals surface area contributed by atoms with Crippen molar-refractivity contribution in [2.45, 2.75) is 4.90 Å². The molecule has 1 fully saturated rings. The SMILES string of the molecule is CN(C)c1nc(N2CCN(S(=O)(=O)c3ccc4ccccc4c3)CC2)ncc1C(=O)O. The Morgan fingerprint density at radius 2 is 1.71 bits per heavy atom. The number of carbonyl (C=O) groups is 1. The molecule has 162 valence electrons. The molecule has 0 bridgehead atoms. The summed E-state index contributed by atoms with van der Waals surface area (Å²) in [5.41, 5.74) is 0.0197. The summed E-state index contributed by atoms with van der Waals surface area (Å²) in [7, 11) is -0.189. The van der Waals surface area contributed by atoms with E-state index in [1.165, 1.54) is 10.5 Å². The number of fused-ring (bicyclic) bond motifs is 1. The minimum Gasteiger partial charge on any atom is -0.477 e. The molecule has 0 spiro atoms. The molecule has 1 aromatic heterocycles. The van der Waals surface area contributed by atoms with Gasteiger partial charge in [0.05, 0.1) is 4.90 Å². The summed E-state index contributed by atoms with van der Waals surface area (Å²) >= 11 is 0. The Labute approximate surface area is 180 Å². The fourth-order valence-electron chi connectivity index (χ4n) is 3.61. The van der Waals surface area contributed by atoms with E-state index < -0.39 is 16.0 Å². The van der Waals surface area contributed by atoms with Gasteiger partial charge in [0.25, 0.3) is 0 Å². The van der Waals surface area contributed by atoms with Crippen molar-refractivity contribution < 1.29 is 18.3 Å². The van der Waals surface area contributed by atoms with E-state index in [1.54, 1.807) is 31.1 Å². The zero-order chi connectivity index (χ0) is 22.2. The summed E-state index contributed by atoms with van der Waals surface area (Å²) in [5.74, 6) is -0.401. The van der Waals surface area contributed by atoms with Gasteiger partial charge in [-0.15, -0.1) is 0 Å². The van der Waals surface area contributed by atoms with Crippen LogP contribution in [0.4, 0.5) is 11.8 Å². The van der Waals surface area contributed by atoms with Crippen LogP contribution in [-0.2, 0) is 10.0 Å². The summed E-state index contributed by atoms with van der Waals surface area (Å²) in [5, 5.41) is 11.2. The monoisotopic (exact) mass is 441 g/mol. The lowest BCUT2D eigenvalue weighted by Gasteiger charge is -2.34. The lowest BCUT2D eigenvalue weighted by molar-refractivity contribution is 0.0696. The van der Waals surface area contributed by atoms with Crippen LogP contribution in [0.15, 0.2) is 53.6 Å². The molecule has 0 amide bonds. The van der Waals surface area contributed by atoms with Gasteiger partial charge in [-0.3, -0.25) is 0 Å². The highest BCUT2D eigenvalue weighted by molar-refractivity contribution is 7.89. The van der Waals surface area contributed by atoms with Gasteiger partial charge in [0, 0.05) is 46.5 Å². The molecular weight excluding hydrogens is 418 g/mol. The number of piperazine rings is 1. The van der Waals surface area contributed by atoms with Crippen LogP contribution in [0.25, 0.3) is 10.8 Å². The van der Waals surface area contributed by atoms with Crippen LogP contribution in [0.2, 0.25) is 0 Å². The fourth-order valence-corrected chi connectivity index (χ4v) is 5.07. The Hall–Kier alpha value is -3.24. The van der Waals surface area contributed by atoms with Crippen LogP contribution in [0.3, 0.4) is 0 Å². The zero-order valence-electron chi connectivity index (χ0n) is 17.3. The first-order valence-corrected chi connectivity index (χ1v) is 11.2. The number of nitrogens with zero attached hydrogens (tertiary/aromatic N) is 5. The average Bonchev–Trinajstić information content (AvgIpc) is 2.78. The lowest BCUT2D eigenvalue weighted by atomic mass is 10.1. The molecule has 31 heavy (non-hydrogen) atoms. The summed E-state index contributed by atoms with van der Waals surface area (Å²) < 4.78 is 27.7. The minimum atomic E-state index is -3.62. The Balaban J connectivity index is 1.52. The summed E-state index contributed by atoms with van der Waals surface area (Å²) in [6, 6.07) is 12.8. The van der Waals surface area contributed by atoms with Gasteiger partial charge in [0.15, 0.2) is 0 Å². The second-order valence-corrected chi connectivity index (χ2v) is 9.44. The third kappa shape index (κ3) is 4.04. The van der Waals surface area contributed by atoms with Gasteiger partial charge in [0.1, 0.15) is 11.4 Å². The molecule has 9 nitrogen and oxygen atoms in total. The van der Waals surface area contributed by atoms with E-state index in [1.807, 2.05) is 35.2 Å². The molecule has 3 aromatic rings. The molecule has 0 saturated carbocycles. The predicted octanol–water partition coefficient (Wildman–Crippen LogP) is 1.90. The summed E-state index contributed by atoms with van der Waals surface area (Å²) in [6.45, 7) is 1.39. The van der Waals surface area contributed by atoms with Gasteiger partial charge in [0.2, 0.25) is 16.0 Å². The number of aromatic carboxylic acids is 1. The van der Waals surface area contributed by atoms with Crippen LogP contribution in [-0.4, -0.2) is 74.0 Å². The molecule has 0 atom stereocenters. The van der Waals surface area contributed by atoms with Crippen LogP contribution < -0.4 is 9.80 Å². The van der Waals surface area contributed by atoms with Crippen molar-refractivity contribution in [3.05, 3.63) is 54.2 Å². The first kappa shape index (κ1) is 21.0. The number of benzene rings is 2. The average molecular weight is 442 g/mol. The van der Waals surface area contributed by atoms with E-state index in [0.29, 0.717) is 24.9 Å². The van der Waals surface area contributed by atoms with Crippen molar-refractivity contribution in [2.24, 2.45) is 0 Å². The predicted molar refractivity (Wildman–Crippen MR) is 118 cm³/mol. The standard InChI is InChI=1S/C21H23N5O4S/c1-24(2)19-18(20(27)28)14-22-21(23-19)25-9-11-26(12-10-25)31(29,30)17-8-7-15-5-3-4-6-16(15)13-17/h3-8,13-14H,9-12H2,1-2H3,(H,27,28). The first-order valence-electron chi connectivity index (χ1n) is 9.79. The molecule has 1 N–H and O–H groups in total. The van der Waals surface area contributed by atoms with Crippen molar-refractivity contribution in [2.75, 3.05) is 50.1 Å². The molecule has 2 heterocycles. The fraction of sp³-hybridized carbons (Fsp3) is 0.286. The number of aromatic nitrogens is 2. The highest BCUT2D eigenvalue weighted by Gasteiger charge is 2.30. The van der Waals surface area contributed by atoms with Gasteiger partial charge in [-0.1, -0.05) is 30.3 Å². The second kappa shape index (κ2) is 8.12. The molecule has 2 aromatic carbocycles. The van der Waals surface area contributed by atoms with Crippen molar-refractivity contribution in [3.63, 3.8) is 0 Å². The lowest BCUT2D eigenvalue weighted by Crippen LogP contribution is -2.49. The number of carboxylic acids is 1. The maximum Gasteiger partial charge on any atom is 0.341 e. The third-order valence-electron chi connectivity index (χ3n) is 5.29. The van der Waals surface area contributed by atoms with Crippen molar-refractivity contribution in [1.82, 2.24) is 14.3 Å². The minimum absolute atomic E-state index is 0.0197. The molecule has 0 unspecified atom stereocenters. The van der Waals surface area contributed by atoms with E-state index >= 15 is 0 Å².